The lowest BCUT2D eigenvalue weighted by molar-refractivity contribution is -0.115. The molecule has 1 aliphatic heterocycles. The first-order chi connectivity index (χ1) is 9.54. The molecule has 0 spiro atoms. The molecule has 0 atom stereocenters. The highest BCUT2D eigenvalue weighted by Crippen LogP contribution is 2.31. The second-order valence-electron chi connectivity index (χ2n) is 4.92. The van der Waals surface area contributed by atoms with Gasteiger partial charge in [-0.1, -0.05) is 0 Å². The highest BCUT2D eigenvalue weighted by Gasteiger charge is 2.19. The Hall–Kier alpha value is -1.88. The SMILES string of the molecule is Cc1cc(Br)cnc1N(C)c1ccc2c(c1)CC(=O)N2. The van der Waals surface area contributed by atoms with Gasteiger partial charge in [-0.2, -0.15) is 0 Å². The van der Waals surface area contributed by atoms with Crippen LogP contribution in [0.1, 0.15) is 11.1 Å². The number of anilines is 3. The van der Waals surface area contributed by atoms with Crippen molar-refractivity contribution in [2.24, 2.45) is 0 Å². The molecule has 1 aromatic carbocycles. The maximum absolute atomic E-state index is 11.4. The third-order valence-electron chi connectivity index (χ3n) is 3.44. The average molecular weight is 332 g/mol. The van der Waals surface area contributed by atoms with Crippen molar-refractivity contribution < 1.29 is 4.79 Å². The number of halogens is 1. The number of nitrogens with zero attached hydrogens (tertiary/aromatic N) is 2. The summed E-state index contributed by atoms with van der Waals surface area (Å²) in [4.78, 5) is 17.9. The molecule has 0 fully saturated rings. The van der Waals surface area contributed by atoms with Crippen molar-refractivity contribution in [2.75, 3.05) is 17.3 Å². The van der Waals surface area contributed by atoms with Crippen molar-refractivity contribution >= 4 is 39.0 Å². The molecule has 0 bridgehead atoms. The Bertz CT molecular complexity index is 700. The van der Waals surface area contributed by atoms with Gasteiger partial charge in [0, 0.05) is 29.1 Å². The molecule has 102 valence electrons. The number of amides is 1. The first-order valence-electron chi connectivity index (χ1n) is 6.33. The number of nitrogens with one attached hydrogen (secondary N) is 1. The van der Waals surface area contributed by atoms with Crippen LogP contribution in [0.5, 0.6) is 0 Å². The molecule has 0 radical (unpaired) electrons. The van der Waals surface area contributed by atoms with E-state index in [4.69, 9.17) is 0 Å². The summed E-state index contributed by atoms with van der Waals surface area (Å²) >= 11 is 3.42. The summed E-state index contributed by atoms with van der Waals surface area (Å²) in [6, 6.07) is 8.02. The maximum atomic E-state index is 11.4. The standard InChI is InChI=1S/C15H14BrN3O/c1-9-5-11(16)8-17-15(9)19(2)12-3-4-13-10(6-12)7-14(20)18-13/h3-6,8H,7H2,1-2H3,(H,18,20). The zero-order valence-corrected chi connectivity index (χ0v) is 12.9. The summed E-state index contributed by atoms with van der Waals surface area (Å²) in [6.07, 6.45) is 2.24. The van der Waals surface area contributed by atoms with E-state index in [9.17, 15) is 4.79 Å². The van der Waals surface area contributed by atoms with Crippen LogP contribution in [-0.4, -0.2) is 17.9 Å². The second-order valence-corrected chi connectivity index (χ2v) is 5.84. The Morgan fingerprint density at radius 3 is 2.90 bits per heavy atom. The molecule has 4 nitrogen and oxygen atoms in total. The van der Waals surface area contributed by atoms with Crippen LogP contribution in [0.25, 0.3) is 0 Å². The Kier molecular flexibility index (Phi) is 3.22. The van der Waals surface area contributed by atoms with Crippen LogP contribution in [0.2, 0.25) is 0 Å². The summed E-state index contributed by atoms with van der Waals surface area (Å²) in [5.74, 6) is 0.961. The third-order valence-corrected chi connectivity index (χ3v) is 3.87. The van der Waals surface area contributed by atoms with Crippen LogP contribution in [0.3, 0.4) is 0 Å². The predicted octanol–water partition coefficient (Wildman–Crippen LogP) is 3.42. The molecule has 1 amide bonds. The average Bonchev–Trinajstić information content (AvgIpc) is 2.77. The number of benzene rings is 1. The van der Waals surface area contributed by atoms with E-state index in [1.165, 1.54) is 0 Å². The van der Waals surface area contributed by atoms with Gasteiger partial charge in [0.1, 0.15) is 5.82 Å². The number of carbonyl (C=O) groups is 1. The number of aromatic nitrogens is 1. The van der Waals surface area contributed by atoms with Gasteiger partial charge in [-0.05, 0) is 58.2 Å². The number of pyridine rings is 1. The van der Waals surface area contributed by atoms with Crippen molar-refractivity contribution in [3.05, 3.63) is 46.1 Å². The minimum absolute atomic E-state index is 0.0535. The van der Waals surface area contributed by atoms with Gasteiger partial charge in [0.15, 0.2) is 0 Å². The van der Waals surface area contributed by atoms with Crippen molar-refractivity contribution in [3.8, 4) is 0 Å². The lowest BCUT2D eigenvalue weighted by Crippen LogP contribution is -2.12. The Morgan fingerprint density at radius 1 is 1.35 bits per heavy atom. The molecular formula is C15H14BrN3O. The van der Waals surface area contributed by atoms with Crippen LogP contribution < -0.4 is 10.2 Å². The van der Waals surface area contributed by atoms with Gasteiger partial charge in [-0.25, -0.2) is 4.98 Å². The number of hydrogen-bond acceptors (Lipinski definition) is 3. The molecule has 20 heavy (non-hydrogen) atoms. The van der Waals surface area contributed by atoms with E-state index in [-0.39, 0.29) is 5.91 Å². The molecule has 0 saturated heterocycles. The summed E-state index contributed by atoms with van der Waals surface area (Å²) in [5.41, 5.74) is 4.07. The molecule has 0 aliphatic carbocycles. The highest BCUT2D eigenvalue weighted by atomic mass is 79.9. The maximum Gasteiger partial charge on any atom is 0.228 e. The number of rotatable bonds is 2. The predicted molar refractivity (Wildman–Crippen MR) is 83.5 cm³/mol. The van der Waals surface area contributed by atoms with E-state index in [2.05, 4.69) is 26.2 Å². The third kappa shape index (κ3) is 2.29. The Morgan fingerprint density at radius 2 is 2.15 bits per heavy atom. The van der Waals surface area contributed by atoms with E-state index >= 15 is 0 Å². The van der Waals surface area contributed by atoms with Gasteiger partial charge < -0.3 is 10.2 Å². The van der Waals surface area contributed by atoms with Crippen molar-refractivity contribution in [3.63, 3.8) is 0 Å². The van der Waals surface area contributed by atoms with Crippen molar-refractivity contribution in [1.29, 1.82) is 0 Å². The number of fused-ring (bicyclic) bond motifs is 1. The van der Waals surface area contributed by atoms with Crippen LogP contribution in [0.4, 0.5) is 17.2 Å². The van der Waals surface area contributed by atoms with Crippen molar-refractivity contribution in [1.82, 2.24) is 4.98 Å². The molecule has 0 saturated carbocycles. The molecule has 3 rings (SSSR count). The molecule has 1 N–H and O–H groups in total. The lowest BCUT2D eigenvalue weighted by atomic mass is 10.1. The van der Waals surface area contributed by atoms with E-state index in [1.54, 1.807) is 6.20 Å². The van der Waals surface area contributed by atoms with Crippen LogP contribution >= 0.6 is 15.9 Å². The summed E-state index contributed by atoms with van der Waals surface area (Å²) in [5, 5.41) is 2.84. The minimum atomic E-state index is 0.0535. The van der Waals surface area contributed by atoms with Crippen LogP contribution in [0, 0.1) is 6.92 Å². The molecule has 1 aliphatic rings. The zero-order valence-electron chi connectivity index (χ0n) is 11.3. The van der Waals surface area contributed by atoms with E-state index in [1.807, 2.05) is 43.1 Å². The van der Waals surface area contributed by atoms with Gasteiger partial charge in [0.25, 0.3) is 0 Å². The number of carbonyl (C=O) groups excluding carboxylic acids is 1. The molecule has 5 heteroatoms. The molecule has 1 aromatic heterocycles. The smallest absolute Gasteiger partial charge is 0.228 e. The Balaban J connectivity index is 1.97. The van der Waals surface area contributed by atoms with E-state index < -0.39 is 0 Å². The minimum Gasteiger partial charge on any atom is -0.329 e. The number of aryl methyl sites for hydroxylation is 1. The fraction of sp³-hybridized carbons (Fsp3) is 0.200. The monoisotopic (exact) mass is 331 g/mol. The van der Waals surface area contributed by atoms with Crippen molar-refractivity contribution in [2.45, 2.75) is 13.3 Å². The van der Waals surface area contributed by atoms with E-state index in [0.717, 1.165) is 32.8 Å². The summed E-state index contributed by atoms with van der Waals surface area (Å²) < 4.78 is 0.968. The topological polar surface area (TPSA) is 45.2 Å². The molecular weight excluding hydrogens is 318 g/mol. The largest absolute Gasteiger partial charge is 0.329 e. The first kappa shape index (κ1) is 13.1. The number of hydrogen-bond donors (Lipinski definition) is 1. The van der Waals surface area contributed by atoms with Gasteiger partial charge in [-0.15, -0.1) is 0 Å². The molecule has 0 unspecified atom stereocenters. The molecule has 2 heterocycles. The van der Waals surface area contributed by atoms with Gasteiger partial charge in [0.05, 0.1) is 6.42 Å². The molecule has 2 aromatic rings. The van der Waals surface area contributed by atoms with E-state index in [0.29, 0.717) is 6.42 Å². The van der Waals surface area contributed by atoms with Crippen LogP contribution in [-0.2, 0) is 11.2 Å². The van der Waals surface area contributed by atoms with Gasteiger partial charge >= 0.3 is 0 Å². The fourth-order valence-corrected chi connectivity index (χ4v) is 2.88. The first-order valence-corrected chi connectivity index (χ1v) is 7.12. The zero-order chi connectivity index (χ0) is 14.3. The summed E-state index contributed by atoms with van der Waals surface area (Å²) in [6.45, 7) is 2.03. The normalized spacial score (nSPS) is 13.1. The van der Waals surface area contributed by atoms with Gasteiger partial charge in [0.2, 0.25) is 5.91 Å². The van der Waals surface area contributed by atoms with Gasteiger partial charge in [-0.3, -0.25) is 4.79 Å². The van der Waals surface area contributed by atoms with Crippen LogP contribution in [0.15, 0.2) is 34.9 Å². The summed E-state index contributed by atoms with van der Waals surface area (Å²) in [7, 11) is 1.98. The second kappa shape index (κ2) is 4.90. The quantitative estimate of drug-likeness (QED) is 0.917. The fourth-order valence-electron chi connectivity index (χ4n) is 2.43. The lowest BCUT2D eigenvalue weighted by Gasteiger charge is -2.21. The highest BCUT2D eigenvalue weighted by molar-refractivity contribution is 9.10. The Labute approximate surface area is 126 Å².